The van der Waals surface area contributed by atoms with Gasteiger partial charge in [0.25, 0.3) is 0 Å². The molecule has 0 saturated carbocycles. The lowest BCUT2D eigenvalue weighted by atomic mass is 10.3. The highest BCUT2D eigenvalue weighted by Gasteiger charge is 2.08. The van der Waals surface area contributed by atoms with E-state index < -0.39 is 0 Å². The van der Waals surface area contributed by atoms with E-state index in [1.54, 1.807) is 23.2 Å². The van der Waals surface area contributed by atoms with Crippen LogP contribution in [-0.2, 0) is 14.1 Å². The lowest BCUT2D eigenvalue weighted by Gasteiger charge is -2.05. The third-order valence-electron chi connectivity index (χ3n) is 2.86. The fraction of sp³-hybridized carbons (Fsp3) is 0.417. The summed E-state index contributed by atoms with van der Waals surface area (Å²) in [7, 11) is 3.52. The first kappa shape index (κ1) is 11.7. The number of aryl methyl sites for hydroxylation is 2. The van der Waals surface area contributed by atoms with Crippen molar-refractivity contribution < 1.29 is 4.74 Å². The van der Waals surface area contributed by atoms with Crippen molar-refractivity contribution in [3.05, 3.63) is 28.7 Å². The second-order valence-corrected chi connectivity index (χ2v) is 4.04. The molecule has 0 aliphatic carbocycles. The van der Waals surface area contributed by atoms with Crippen LogP contribution in [0.2, 0.25) is 0 Å². The number of rotatable bonds is 4. The number of hydrogen-bond donors (Lipinski definition) is 1. The minimum Gasteiger partial charge on any atom is -0.493 e. The SMILES string of the molecule is Cn1c(=O)n(C)c2cc(OCCCN)ccc21. The highest BCUT2D eigenvalue weighted by molar-refractivity contribution is 5.77. The Balaban J connectivity index is 2.37. The molecule has 2 N–H and O–H groups in total. The van der Waals surface area contributed by atoms with Crippen molar-refractivity contribution in [2.24, 2.45) is 19.8 Å². The molecule has 92 valence electrons. The molecule has 0 saturated heterocycles. The molecule has 0 fully saturated rings. The van der Waals surface area contributed by atoms with Crippen LogP contribution in [0.4, 0.5) is 0 Å². The van der Waals surface area contributed by atoms with Crippen molar-refractivity contribution in [1.82, 2.24) is 9.13 Å². The van der Waals surface area contributed by atoms with E-state index in [9.17, 15) is 4.79 Å². The zero-order valence-corrected chi connectivity index (χ0v) is 10.1. The maximum atomic E-state index is 11.7. The van der Waals surface area contributed by atoms with Gasteiger partial charge in [0, 0.05) is 20.2 Å². The van der Waals surface area contributed by atoms with Crippen LogP contribution in [0, 0.1) is 0 Å². The van der Waals surface area contributed by atoms with Crippen LogP contribution in [0.5, 0.6) is 5.75 Å². The first-order chi connectivity index (χ1) is 8.15. The quantitative estimate of drug-likeness (QED) is 0.790. The van der Waals surface area contributed by atoms with Crippen molar-refractivity contribution >= 4 is 11.0 Å². The van der Waals surface area contributed by atoms with Crippen LogP contribution < -0.4 is 16.2 Å². The van der Waals surface area contributed by atoms with Crippen LogP contribution in [0.3, 0.4) is 0 Å². The number of aromatic nitrogens is 2. The van der Waals surface area contributed by atoms with Crippen LogP contribution in [0.1, 0.15) is 6.42 Å². The van der Waals surface area contributed by atoms with Gasteiger partial charge in [0.1, 0.15) is 5.75 Å². The average molecular weight is 235 g/mol. The Morgan fingerprint density at radius 1 is 1.24 bits per heavy atom. The van der Waals surface area contributed by atoms with Gasteiger partial charge in [-0.05, 0) is 25.1 Å². The van der Waals surface area contributed by atoms with Crippen LogP contribution in [0.25, 0.3) is 11.0 Å². The zero-order chi connectivity index (χ0) is 12.4. The summed E-state index contributed by atoms with van der Waals surface area (Å²) < 4.78 is 8.79. The summed E-state index contributed by atoms with van der Waals surface area (Å²) >= 11 is 0. The summed E-state index contributed by atoms with van der Waals surface area (Å²) in [5.41, 5.74) is 7.16. The number of nitrogens with two attached hydrogens (primary N) is 1. The van der Waals surface area contributed by atoms with Crippen LogP contribution >= 0.6 is 0 Å². The van der Waals surface area contributed by atoms with Crippen molar-refractivity contribution in [3.63, 3.8) is 0 Å². The number of nitrogens with zero attached hydrogens (tertiary/aromatic N) is 2. The van der Waals surface area contributed by atoms with E-state index in [1.807, 2.05) is 18.2 Å². The second-order valence-electron chi connectivity index (χ2n) is 4.04. The van der Waals surface area contributed by atoms with Gasteiger partial charge in [0.05, 0.1) is 17.6 Å². The summed E-state index contributed by atoms with van der Waals surface area (Å²) in [4.78, 5) is 11.7. The van der Waals surface area contributed by atoms with Crippen molar-refractivity contribution in [2.45, 2.75) is 6.42 Å². The van der Waals surface area contributed by atoms with Gasteiger partial charge in [-0.3, -0.25) is 9.13 Å². The molecule has 17 heavy (non-hydrogen) atoms. The smallest absolute Gasteiger partial charge is 0.328 e. The van der Waals surface area contributed by atoms with E-state index in [4.69, 9.17) is 10.5 Å². The normalized spacial score (nSPS) is 11.0. The molecule has 0 unspecified atom stereocenters. The topological polar surface area (TPSA) is 62.2 Å². The van der Waals surface area contributed by atoms with E-state index in [0.717, 1.165) is 23.2 Å². The summed E-state index contributed by atoms with van der Waals surface area (Å²) in [6.07, 6.45) is 0.825. The number of imidazole rings is 1. The Morgan fingerprint density at radius 3 is 2.65 bits per heavy atom. The number of fused-ring (bicyclic) bond motifs is 1. The summed E-state index contributed by atoms with van der Waals surface area (Å²) in [6.45, 7) is 1.22. The third-order valence-corrected chi connectivity index (χ3v) is 2.86. The molecule has 0 aliphatic heterocycles. The Morgan fingerprint density at radius 2 is 1.94 bits per heavy atom. The molecule has 0 amide bonds. The van der Waals surface area contributed by atoms with Gasteiger partial charge in [0.2, 0.25) is 0 Å². The minimum atomic E-state index is -0.0286. The van der Waals surface area contributed by atoms with Crippen molar-refractivity contribution in [2.75, 3.05) is 13.2 Å². The monoisotopic (exact) mass is 235 g/mol. The summed E-state index contributed by atoms with van der Waals surface area (Å²) in [5, 5.41) is 0. The van der Waals surface area contributed by atoms with Gasteiger partial charge in [-0.15, -0.1) is 0 Å². The predicted molar refractivity (Wildman–Crippen MR) is 67.3 cm³/mol. The van der Waals surface area contributed by atoms with Crippen molar-refractivity contribution in [3.8, 4) is 5.75 Å². The van der Waals surface area contributed by atoms with E-state index in [-0.39, 0.29) is 5.69 Å². The summed E-state index contributed by atoms with van der Waals surface area (Å²) in [6, 6.07) is 5.65. The zero-order valence-electron chi connectivity index (χ0n) is 10.1. The molecule has 0 spiro atoms. The molecule has 2 rings (SSSR count). The molecule has 2 aromatic rings. The van der Waals surface area contributed by atoms with Crippen LogP contribution in [0.15, 0.2) is 23.0 Å². The average Bonchev–Trinajstić information content (AvgIpc) is 2.55. The third kappa shape index (κ3) is 2.06. The highest BCUT2D eigenvalue weighted by Crippen LogP contribution is 2.19. The Kier molecular flexibility index (Phi) is 3.19. The van der Waals surface area contributed by atoms with Gasteiger partial charge in [0.15, 0.2) is 0 Å². The molecule has 0 atom stereocenters. The lowest BCUT2D eigenvalue weighted by molar-refractivity contribution is 0.314. The summed E-state index contributed by atoms with van der Waals surface area (Å²) in [5.74, 6) is 0.771. The first-order valence-electron chi connectivity index (χ1n) is 5.63. The van der Waals surface area contributed by atoms with E-state index >= 15 is 0 Å². The Labute approximate surface area is 99.4 Å². The molecule has 1 aromatic carbocycles. The fourth-order valence-electron chi connectivity index (χ4n) is 1.85. The molecule has 1 aromatic heterocycles. The van der Waals surface area contributed by atoms with Crippen molar-refractivity contribution in [1.29, 1.82) is 0 Å². The maximum absolute atomic E-state index is 11.7. The van der Waals surface area contributed by atoms with E-state index in [2.05, 4.69) is 0 Å². The van der Waals surface area contributed by atoms with Gasteiger partial charge in [-0.1, -0.05) is 0 Å². The minimum absolute atomic E-state index is 0.0286. The number of benzene rings is 1. The standard InChI is InChI=1S/C12H17N3O2/c1-14-10-5-4-9(17-7-3-6-13)8-11(10)15(2)12(14)16/h4-5,8H,3,6-7,13H2,1-2H3. The molecule has 5 heteroatoms. The first-order valence-corrected chi connectivity index (χ1v) is 5.63. The molecule has 0 bridgehead atoms. The van der Waals surface area contributed by atoms with Gasteiger partial charge in [-0.2, -0.15) is 0 Å². The van der Waals surface area contributed by atoms with Crippen LogP contribution in [-0.4, -0.2) is 22.3 Å². The molecule has 0 radical (unpaired) electrons. The molecule has 1 heterocycles. The predicted octanol–water partition coefficient (Wildman–Crippen LogP) is 0.605. The number of ether oxygens (including phenoxy) is 1. The molecular formula is C12H17N3O2. The molecular weight excluding hydrogens is 218 g/mol. The van der Waals surface area contributed by atoms with E-state index in [1.165, 1.54) is 0 Å². The van der Waals surface area contributed by atoms with Gasteiger partial charge in [-0.25, -0.2) is 4.79 Å². The Bertz CT molecular complexity index is 583. The largest absolute Gasteiger partial charge is 0.493 e. The lowest BCUT2D eigenvalue weighted by Crippen LogP contribution is -2.19. The molecule has 5 nitrogen and oxygen atoms in total. The maximum Gasteiger partial charge on any atom is 0.328 e. The van der Waals surface area contributed by atoms with Gasteiger partial charge >= 0.3 is 5.69 Å². The number of hydrogen-bond acceptors (Lipinski definition) is 3. The van der Waals surface area contributed by atoms with E-state index in [0.29, 0.717) is 13.2 Å². The fourth-order valence-corrected chi connectivity index (χ4v) is 1.85. The molecule has 0 aliphatic rings. The second kappa shape index (κ2) is 4.63. The Hall–Kier alpha value is -1.75. The van der Waals surface area contributed by atoms with Gasteiger partial charge < -0.3 is 10.5 Å². The highest BCUT2D eigenvalue weighted by atomic mass is 16.5.